The molecule has 0 radical (unpaired) electrons. The van der Waals surface area contributed by atoms with Crippen LogP contribution in [0.2, 0.25) is 0 Å². The van der Waals surface area contributed by atoms with E-state index in [-0.39, 0.29) is 17.7 Å². The molecule has 1 aromatic rings. The third kappa shape index (κ3) is 3.26. The van der Waals surface area contributed by atoms with Gasteiger partial charge in [0.2, 0.25) is 0 Å². The van der Waals surface area contributed by atoms with Crippen LogP contribution in [0.25, 0.3) is 0 Å². The maximum Gasteiger partial charge on any atom is 0.433 e. The first-order chi connectivity index (χ1) is 9.41. The molecule has 0 spiro atoms. The first kappa shape index (κ1) is 14.7. The molecule has 1 amide bonds. The fourth-order valence-electron chi connectivity index (χ4n) is 1.99. The number of carbonyl (C=O) groups is 1. The minimum absolute atomic E-state index is 0.0831. The van der Waals surface area contributed by atoms with E-state index in [4.69, 9.17) is 4.74 Å². The van der Waals surface area contributed by atoms with Crippen LogP contribution in [0.1, 0.15) is 16.1 Å². The Morgan fingerprint density at radius 1 is 1.45 bits per heavy atom. The van der Waals surface area contributed by atoms with Crippen LogP contribution in [0, 0.1) is 0 Å². The largest absolute Gasteiger partial charge is 0.433 e. The van der Waals surface area contributed by atoms with Crippen LogP contribution in [0.4, 0.5) is 13.2 Å². The molecule has 0 aliphatic carbocycles. The summed E-state index contributed by atoms with van der Waals surface area (Å²) < 4.78 is 42.3. The number of nitrogens with zero attached hydrogens (tertiary/aromatic N) is 1. The van der Waals surface area contributed by atoms with Crippen molar-refractivity contribution >= 4 is 5.91 Å². The Kier molecular flexibility index (Phi) is 4.24. The molecule has 2 atom stereocenters. The molecule has 0 aromatic carbocycles. The Balaban J connectivity index is 2.02. The summed E-state index contributed by atoms with van der Waals surface area (Å²) in [6, 6.07) is 1.68. The second-order valence-electron chi connectivity index (χ2n) is 4.44. The van der Waals surface area contributed by atoms with Crippen LogP contribution in [0.3, 0.4) is 0 Å². The number of rotatable bonds is 3. The Bertz CT molecular complexity index is 476. The Hall–Kier alpha value is -1.67. The third-order valence-corrected chi connectivity index (χ3v) is 3.09. The first-order valence-corrected chi connectivity index (χ1v) is 5.99. The molecule has 2 heterocycles. The van der Waals surface area contributed by atoms with Gasteiger partial charge in [0, 0.05) is 26.4 Å². The van der Waals surface area contributed by atoms with Gasteiger partial charge in [0.15, 0.2) is 0 Å². The number of pyridine rings is 1. The standard InChI is InChI=1S/C12H14F3N3O2/c1-20-9-6-16-5-8(9)18-11(19)7-2-3-10(17-4-7)12(13,14)15/h2-4,8-9,16H,5-6H2,1H3,(H,18,19)/t8?,9-/m0/s1. The zero-order valence-corrected chi connectivity index (χ0v) is 10.7. The monoisotopic (exact) mass is 289 g/mol. The lowest BCUT2D eigenvalue weighted by molar-refractivity contribution is -0.141. The van der Waals surface area contributed by atoms with Crippen molar-refractivity contribution in [1.29, 1.82) is 0 Å². The molecular formula is C12H14F3N3O2. The average molecular weight is 289 g/mol. The van der Waals surface area contributed by atoms with Gasteiger partial charge in [-0.3, -0.25) is 9.78 Å². The van der Waals surface area contributed by atoms with Crippen molar-refractivity contribution in [2.24, 2.45) is 0 Å². The van der Waals surface area contributed by atoms with E-state index in [1.54, 1.807) is 0 Å². The number of hydrogen-bond donors (Lipinski definition) is 2. The third-order valence-electron chi connectivity index (χ3n) is 3.09. The fraction of sp³-hybridized carbons (Fsp3) is 0.500. The molecule has 2 N–H and O–H groups in total. The van der Waals surface area contributed by atoms with E-state index in [2.05, 4.69) is 15.6 Å². The van der Waals surface area contributed by atoms with Gasteiger partial charge in [-0.15, -0.1) is 0 Å². The van der Waals surface area contributed by atoms with E-state index in [1.165, 1.54) is 7.11 Å². The lowest BCUT2D eigenvalue weighted by atomic mass is 10.2. The topological polar surface area (TPSA) is 63.2 Å². The first-order valence-electron chi connectivity index (χ1n) is 5.99. The number of alkyl halides is 3. The zero-order valence-electron chi connectivity index (χ0n) is 10.7. The molecule has 110 valence electrons. The van der Waals surface area contributed by atoms with E-state index in [1.807, 2.05) is 0 Å². The van der Waals surface area contributed by atoms with Crippen molar-refractivity contribution in [3.63, 3.8) is 0 Å². The van der Waals surface area contributed by atoms with Gasteiger partial charge >= 0.3 is 6.18 Å². The predicted molar refractivity (Wildman–Crippen MR) is 64.2 cm³/mol. The van der Waals surface area contributed by atoms with Crippen molar-refractivity contribution in [1.82, 2.24) is 15.6 Å². The van der Waals surface area contributed by atoms with Crippen LogP contribution in [-0.4, -0.2) is 43.2 Å². The van der Waals surface area contributed by atoms with Gasteiger partial charge in [-0.2, -0.15) is 13.2 Å². The van der Waals surface area contributed by atoms with Crippen LogP contribution < -0.4 is 10.6 Å². The lowest BCUT2D eigenvalue weighted by Crippen LogP contribution is -2.43. The van der Waals surface area contributed by atoms with Crippen molar-refractivity contribution in [2.45, 2.75) is 18.3 Å². The maximum absolute atomic E-state index is 12.4. The molecule has 0 saturated carbocycles. The molecule has 1 aromatic heterocycles. The Labute approximate surface area is 113 Å². The van der Waals surface area contributed by atoms with Gasteiger partial charge in [0.1, 0.15) is 5.69 Å². The summed E-state index contributed by atoms with van der Waals surface area (Å²) in [6.45, 7) is 1.17. The molecule has 8 heteroatoms. The Morgan fingerprint density at radius 2 is 2.20 bits per heavy atom. The van der Waals surface area contributed by atoms with Crippen molar-refractivity contribution in [3.05, 3.63) is 29.6 Å². The molecule has 5 nitrogen and oxygen atoms in total. The summed E-state index contributed by atoms with van der Waals surface area (Å²) in [6.07, 6.45) is -3.74. The van der Waals surface area contributed by atoms with Crippen LogP contribution >= 0.6 is 0 Å². The van der Waals surface area contributed by atoms with Crippen molar-refractivity contribution in [2.75, 3.05) is 20.2 Å². The number of methoxy groups -OCH3 is 1. The number of ether oxygens (including phenoxy) is 1. The average Bonchev–Trinajstić information content (AvgIpc) is 2.85. The predicted octanol–water partition coefficient (Wildman–Crippen LogP) is 0.817. The van der Waals surface area contributed by atoms with Gasteiger partial charge < -0.3 is 15.4 Å². The summed E-state index contributed by atoms with van der Waals surface area (Å²) >= 11 is 0. The molecule has 20 heavy (non-hydrogen) atoms. The number of amides is 1. The van der Waals surface area contributed by atoms with E-state index >= 15 is 0 Å². The molecule has 0 bridgehead atoms. The summed E-state index contributed by atoms with van der Waals surface area (Å²) in [5, 5.41) is 5.76. The van der Waals surface area contributed by atoms with Crippen molar-refractivity contribution < 1.29 is 22.7 Å². The molecule has 1 aliphatic heterocycles. The summed E-state index contributed by atoms with van der Waals surface area (Å²) in [5.41, 5.74) is -0.939. The van der Waals surface area contributed by atoms with Gasteiger partial charge in [-0.25, -0.2) is 0 Å². The van der Waals surface area contributed by atoms with Crippen LogP contribution in [-0.2, 0) is 10.9 Å². The summed E-state index contributed by atoms with van der Waals surface area (Å²) in [5.74, 6) is -0.470. The summed E-state index contributed by atoms with van der Waals surface area (Å²) in [7, 11) is 1.54. The summed E-state index contributed by atoms with van der Waals surface area (Å²) in [4.78, 5) is 15.2. The normalized spacial score (nSPS) is 22.8. The highest BCUT2D eigenvalue weighted by Gasteiger charge is 2.33. The molecule has 1 aliphatic rings. The number of aromatic nitrogens is 1. The molecule has 1 saturated heterocycles. The van der Waals surface area contributed by atoms with E-state index < -0.39 is 17.8 Å². The van der Waals surface area contributed by atoms with Gasteiger partial charge in [0.05, 0.1) is 17.7 Å². The van der Waals surface area contributed by atoms with Gasteiger partial charge in [-0.05, 0) is 12.1 Å². The number of halogens is 3. The van der Waals surface area contributed by atoms with Crippen molar-refractivity contribution in [3.8, 4) is 0 Å². The minimum Gasteiger partial charge on any atom is -0.378 e. The number of carbonyl (C=O) groups excluding carboxylic acids is 1. The van der Waals surface area contributed by atoms with E-state index in [0.717, 1.165) is 18.3 Å². The lowest BCUT2D eigenvalue weighted by Gasteiger charge is -2.18. The maximum atomic E-state index is 12.4. The quantitative estimate of drug-likeness (QED) is 0.864. The van der Waals surface area contributed by atoms with E-state index in [9.17, 15) is 18.0 Å². The molecule has 1 unspecified atom stereocenters. The fourth-order valence-corrected chi connectivity index (χ4v) is 1.99. The highest BCUT2D eigenvalue weighted by molar-refractivity contribution is 5.94. The van der Waals surface area contributed by atoms with Crippen LogP contribution in [0.15, 0.2) is 18.3 Å². The Morgan fingerprint density at radius 3 is 2.75 bits per heavy atom. The molecule has 2 rings (SSSR count). The highest BCUT2D eigenvalue weighted by atomic mass is 19.4. The zero-order chi connectivity index (χ0) is 14.8. The minimum atomic E-state index is -4.51. The van der Waals surface area contributed by atoms with Crippen LogP contribution in [0.5, 0.6) is 0 Å². The molecular weight excluding hydrogens is 275 g/mol. The second-order valence-corrected chi connectivity index (χ2v) is 4.44. The number of nitrogens with one attached hydrogen (secondary N) is 2. The van der Waals surface area contributed by atoms with Gasteiger partial charge in [0.25, 0.3) is 5.91 Å². The SMILES string of the molecule is CO[C@H]1CNCC1NC(=O)c1ccc(C(F)(F)F)nc1. The van der Waals surface area contributed by atoms with Gasteiger partial charge in [-0.1, -0.05) is 0 Å². The number of hydrogen-bond acceptors (Lipinski definition) is 4. The van der Waals surface area contributed by atoms with E-state index in [0.29, 0.717) is 13.1 Å². The second kappa shape index (κ2) is 5.76. The smallest absolute Gasteiger partial charge is 0.378 e. The highest BCUT2D eigenvalue weighted by Crippen LogP contribution is 2.27. The molecule has 1 fully saturated rings.